The molecular weight excluding hydrogens is 295 g/mol. The van der Waals surface area contributed by atoms with E-state index in [1.807, 2.05) is 6.20 Å². The van der Waals surface area contributed by atoms with Crippen LogP contribution in [0, 0.1) is 0 Å². The Bertz CT molecular complexity index is 359. The molecule has 0 atom stereocenters. The van der Waals surface area contributed by atoms with Crippen molar-refractivity contribution in [1.29, 1.82) is 0 Å². The molecule has 2 aliphatic carbocycles. The van der Waals surface area contributed by atoms with E-state index in [9.17, 15) is 17.3 Å². The van der Waals surface area contributed by atoms with Gasteiger partial charge in [0.2, 0.25) is 0 Å². The molecule has 0 aromatic rings. The first-order valence-electron chi connectivity index (χ1n) is 8.39. The van der Waals surface area contributed by atoms with E-state index in [1.165, 1.54) is 64.2 Å². The number of rotatable bonds is 2. The molecule has 0 bridgehead atoms. The van der Waals surface area contributed by atoms with Gasteiger partial charge in [0, 0.05) is 25.7 Å². The maximum absolute atomic E-state index is 9.75. The van der Waals surface area contributed by atoms with Crippen LogP contribution in [0.3, 0.4) is 0 Å². The lowest BCUT2D eigenvalue weighted by atomic mass is 9.87. The van der Waals surface area contributed by atoms with Crippen molar-refractivity contribution in [1.82, 2.24) is 0 Å². The third-order valence-electron chi connectivity index (χ3n) is 5.09. The van der Waals surface area contributed by atoms with E-state index in [0.29, 0.717) is 0 Å². The van der Waals surface area contributed by atoms with Crippen LogP contribution in [0.1, 0.15) is 64.2 Å². The smallest absolute Gasteiger partial charge is 0.418 e. The van der Waals surface area contributed by atoms with E-state index in [1.54, 1.807) is 0 Å². The van der Waals surface area contributed by atoms with E-state index < -0.39 is 7.25 Å². The molecule has 0 saturated heterocycles. The highest BCUT2D eigenvalue weighted by atomic mass is 19.5. The fourth-order valence-corrected chi connectivity index (χ4v) is 4.13. The monoisotopic (exact) mass is 320 g/mol. The molecule has 0 amide bonds. The Kier molecular flexibility index (Phi) is 6.06. The zero-order chi connectivity index (χ0) is 16.1. The van der Waals surface area contributed by atoms with Gasteiger partial charge in [0.1, 0.15) is 6.20 Å². The van der Waals surface area contributed by atoms with Crippen molar-refractivity contribution >= 4 is 13.6 Å². The number of nitrogens with zero attached hydrogens (tertiary/aromatic N) is 2. The van der Waals surface area contributed by atoms with Crippen LogP contribution in [-0.2, 0) is 0 Å². The third kappa shape index (κ3) is 4.83. The summed E-state index contributed by atoms with van der Waals surface area (Å²) in [5.74, 6) is 0. The molecule has 0 aromatic heterocycles. The second kappa shape index (κ2) is 7.62. The quantitative estimate of drug-likeness (QED) is 0.373. The van der Waals surface area contributed by atoms with Crippen LogP contribution in [0.25, 0.3) is 0 Å². The number of hydrogen-bond donors (Lipinski definition) is 0. The summed E-state index contributed by atoms with van der Waals surface area (Å²) in [5.41, 5.74) is 0. The summed E-state index contributed by atoms with van der Waals surface area (Å²) in [6.07, 6.45) is 20.9. The van der Waals surface area contributed by atoms with Crippen LogP contribution in [0.15, 0.2) is 17.4 Å². The summed E-state index contributed by atoms with van der Waals surface area (Å²) < 4.78 is 40.1. The summed E-state index contributed by atoms with van der Waals surface area (Å²) in [4.78, 5) is 4.45. The molecule has 0 aromatic carbocycles. The minimum Gasteiger partial charge on any atom is -0.418 e. The lowest BCUT2D eigenvalue weighted by molar-refractivity contribution is -0.838. The SMILES string of the molecule is C1=C[N+](C2CCCCC2)(C2CCCCC2)C=N1.F[B-](F)(F)F. The molecule has 0 spiro atoms. The van der Waals surface area contributed by atoms with E-state index in [0.717, 1.165) is 16.6 Å². The molecule has 22 heavy (non-hydrogen) atoms. The molecule has 1 aliphatic heterocycles. The molecule has 3 rings (SSSR count). The predicted molar refractivity (Wildman–Crippen MR) is 81.8 cm³/mol. The summed E-state index contributed by atoms with van der Waals surface area (Å²) in [6.45, 7) is 0. The average molecular weight is 320 g/mol. The van der Waals surface area contributed by atoms with Gasteiger partial charge in [-0.1, -0.05) is 12.8 Å². The maximum Gasteiger partial charge on any atom is 0.673 e. The number of halogens is 4. The van der Waals surface area contributed by atoms with Crippen LogP contribution < -0.4 is 0 Å². The van der Waals surface area contributed by atoms with Gasteiger partial charge in [0.05, 0.1) is 18.3 Å². The van der Waals surface area contributed by atoms with Crippen LogP contribution in [-0.4, -0.2) is 30.2 Å². The van der Waals surface area contributed by atoms with Gasteiger partial charge < -0.3 is 17.3 Å². The predicted octanol–water partition coefficient (Wildman–Crippen LogP) is 5.28. The fourth-order valence-electron chi connectivity index (χ4n) is 4.13. The van der Waals surface area contributed by atoms with Gasteiger partial charge in [0.25, 0.3) is 0 Å². The van der Waals surface area contributed by atoms with Crippen molar-refractivity contribution in [2.75, 3.05) is 0 Å². The normalized spacial score (nSPS) is 25.8. The van der Waals surface area contributed by atoms with Crippen molar-refractivity contribution in [2.24, 2.45) is 4.99 Å². The summed E-state index contributed by atoms with van der Waals surface area (Å²) in [6, 6.07) is 1.66. The van der Waals surface area contributed by atoms with Gasteiger partial charge in [-0.15, -0.1) is 0 Å². The van der Waals surface area contributed by atoms with Gasteiger partial charge in [-0.25, -0.2) is 9.48 Å². The summed E-state index contributed by atoms with van der Waals surface area (Å²) >= 11 is 0. The summed E-state index contributed by atoms with van der Waals surface area (Å²) in [7, 11) is -6.00. The lowest BCUT2D eigenvalue weighted by Crippen LogP contribution is -2.57. The van der Waals surface area contributed by atoms with Crippen molar-refractivity contribution in [2.45, 2.75) is 76.3 Å². The molecule has 2 saturated carbocycles. The van der Waals surface area contributed by atoms with Gasteiger partial charge in [0.15, 0.2) is 6.34 Å². The lowest BCUT2D eigenvalue weighted by Gasteiger charge is -2.45. The molecule has 0 N–H and O–H groups in total. The van der Waals surface area contributed by atoms with Crippen LogP contribution in [0.4, 0.5) is 17.3 Å². The molecule has 0 radical (unpaired) electrons. The largest absolute Gasteiger partial charge is 0.673 e. The second-order valence-corrected chi connectivity index (χ2v) is 6.54. The number of quaternary nitrogens is 1. The first kappa shape index (κ1) is 17.5. The first-order chi connectivity index (χ1) is 10.4. The van der Waals surface area contributed by atoms with E-state index in [4.69, 9.17) is 0 Å². The molecule has 0 unspecified atom stereocenters. The molecule has 1 heterocycles. The van der Waals surface area contributed by atoms with Crippen molar-refractivity contribution in [3.05, 3.63) is 12.4 Å². The molecule has 7 heteroatoms. The third-order valence-corrected chi connectivity index (χ3v) is 5.09. The Morgan fingerprint density at radius 2 is 1.18 bits per heavy atom. The van der Waals surface area contributed by atoms with Gasteiger partial charge >= 0.3 is 7.25 Å². The average Bonchev–Trinajstić information content (AvgIpc) is 2.98. The highest BCUT2D eigenvalue weighted by molar-refractivity contribution is 6.50. The van der Waals surface area contributed by atoms with Crippen molar-refractivity contribution < 1.29 is 21.7 Å². The van der Waals surface area contributed by atoms with Crippen molar-refractivity contribution in [3.63, 3.8) is 0 Å². The number of aliphatic imine (C=N–C) groups is 1. The fraction of sp³-hybridized carbons (Fsp3) is 0.800. The Labute approximate surface area is 130 Å². The minimum atomic E-state index is -6.00. The molecule has 2 nitrogen and oxygen atoms in total. The highest BCUT2D eigenvalue weighted by Crippen LogP contribution is 2.37. The Morgan fingerprint density at radius 3 is 1.50 bits per heavy atom. The van der Waals surface area contributed by atoms with Crippen LogP contribution in [0.5, 0.6) is 0 Å². The Morgan fingerprint density at radius 1 is 0.773 bits per heavy atom. The first-order valence-corrected chi connectivity index (χ1v) is 8.39. The van der Waals surface area contributed by atoms with E-state index >= 15 is 0 Å². The zero-order valence-electron chi connectivity index (χ0n) is 12.9. The van der Waals surface area contributed by atoms with Gasteiger partial charge in [-0.3, -0.25) is 0 Å². The Hall–Kier alpha value is -0.845. The highest BCUT2D eigenvalue weighted by Gasteiger charge is 2.43. The van der Waals surface area contributed by atoms with Crippen LogP contribution >= 0.6 is 0 Å². The van der Waals surface area contributed by atoms with Gasteiger partial charge in [-0.2, -0.15) is 0 Å². The topological polar surface area (TPSA) is 12.4 Å². The van der Waals surface area contributed by atoms with Crippen molar-refractivity contribution in [3.8, 4) is 0 Å². The maximum atomic E-state index is 9.75. The van der Waals surface area contributed by atoms with E-state index in [2.05, 4.69) is 17.5 Å². The Balaban J connectivity index is 0.000000309. The molecule has 126 valence electrons. The standard InChI is InChI=1S/C15H25N2.BF4/c1-3-7-14(8-4-1)17(12-11-16-13-17)15-9-5-2-6-10-15;2-1(3,4)5/h11-15H,1-10H2;/q+1;-1. The van der Waals surface area contributed by atoms with E-state index in [-0.39, 0.29) is 0 Å². The molecule has 2 fully saturated rings. The molecular formula is C15H25BF4N2. The summed E-state index contributed by atoms with van der Waals surface area (Å²) in [5, 5.41) is 0. The number of hydrogen-bond acceptors (Lipinski definition) is 1. The molecule has 3 aliphatic rings. The second-order valence-electron chi connectivity index (χ2n) is 6.54. The van der Waals surface area contributed by atoms with Gasteiger partial charge in [-0.05, 0) is 25.7 Å². The minimum absolute atomic E-state index is 0.828. The zero-order valence-corrected chi connectivity index (χ0v) is 12.9. The van der Waals surface area contributed by atoms with Crippen LogP contribution in [0.2, 0.25) is 0 Å².